The van der Waals surface area contributed by atoms with Crippen molar-refractivity contribution in [3.8, 4) is 0 Å². The number of nitrogens with zero attached hydrogens (tertiary/aromatic N) is 1. The van der Waals surface area contributed by atoms with E-state index < -0.39 is 0 Å². The Labute approximate surface area is 92.2 Å². The first kappa shape index (κ1) is 10.4. The lowest BCUT2D eigenvalue weighted by Gasteiger charge is -2.25. The number of aliphatic imine (C=N–C) groups is 1. The maximum Gasteiger partial charge on any atom is 0.0667 e. The molecule has 1 aliphatic rings. The molecule has 80 valence electrons. The van der Waals surface area contributed by atoms with Gasteiger partial charge in [-0.05, 0) is 29.0 Å². The highest BCUT2D eigenvalue weighted by Gasteiger charge is 2.29. The van der Waals surface area contributed by atoms with Crippen molar-refractivity contribution >= 4 is 11.9 Å². The van der Waals surface area contributed by atoms with Crippen molar-refractivity contribution in [1.29, 1.82) is 0 Å². The molecule has 1 unspecified atom stereocenters. The number of fused-ring (bicyclic) bond motifs is 1. The van der Waals surface area contributed by atoms with Crippen LogP contribution in [-0.4, -0.2) is 6.21 Å². The molecule has 1 aromatic rings. The van der Waals surface area contributed by atoms with E-state index in [9.17, 15) is 0 Å². The quantitative estimate of drug-likeness (QED) is 0.648. The zero-order valence-electron chi connectivity index (χ0n) is 10.0. The molecule has 1 aliphatic heterocycles. The van der Waals surface area contributed by atoms with Crippen LogP contribution in [0.5, 0.6) is 0 Å². The second-order valence-electron chi connectivity index (χ2n) is 5.37. The summed E-state index contributed by atoms with van der Waals surface area (Å²) in [6.07, 6.45) is 3.19. The van der Waals surface area contributed by atoms with Crippen LogP contribution in [0.1, 0.15) is 44.7 Å². The van der Waals surface area contributed by atoms with Gasteiger partial charge in [-0.1, -0.05) is 39.8 Å². The Bertz CT molecular complexity index is 396. The van der Waals surface area contributed by atoms with Crippen LogP contribution in [0.25, 0.3) is 0 Å². The number of rotatable bonds is 1. The Hall–Kier alpha value is -1.11. The molecular weight excluding hydrogens is 182 g/mol. The Morgan fingerprint density at radius 2 is 2.00 bits per heavy atom. The fraction of sp³-hybridized carbons (Fsp3) is 0.500. The molecule has 2 rings (SSSR count). The molecule has 0 N–H and O–H groups in total. The molecule has 1 heterocycles. The van der Waals surface area contributed by atoms with Gasteiger partial charge in [0, 0.05) is 12.1 Å². The first-order valence-corrected chi connectivity index (χ1v) is 5.69. The van der Waals surface area contributed by atoms with Crippen molar-refractivity contribution < 1.29 is 0 Å². The van der Waals surface area contributed by atoms with E-state index in [4.69, 9.17) is 0 Å². The number of aryl methyl sites for hydroxylation is 1. The van der Waals surface area contributed by atoms with Crippen molar-refractivity contribution in [2.45, 2.75) is 40.0 Å². The van der Waals surface area contributed by atoms with E-state index in [2.05, 4.69) is 57.1 Å². The van der Waals surface area contributed by atoms with Gasteiger partial charge in [-0.2, -0.15) is 0 Å². The topological polar surface area (TPSA) is 12.4 Å². The maximum atomic E-state index is 4.53. The lowest BCUT2D eigenvalue weighted by atomic mass is 9.78. The molecule has 1 atom stereocenters. The van der Waals surface area contributed by atoms with Crippen molar-refractivity contribution in [2.24, 2.45) is 10.4 Å². The van der Waals surface area contributed by atoms with Gasteiger partial charge in [0.2, 0.25) is 0 Å². The number of hydrogen-bond acceptors (Lipinski definition) is 1. The van der Waals surface area contributed by atoms with Gasteiger partial charge < -0.3 is 0 Å². The van der Waals surface area contributed by atoms with Crippen molar-refractivity contribution in [3.63, 3.8) is 0 Å². The summed E-state index contributed by atoms with van der Waals surface area (Å²) in [6.45, 7) is 8.99. The minimum atomic E-state index is 0.266. The first-order valence-electron chi connectivity index (χ1n) is 5.69. The van der Waals surface area contributed by atoms with Crippen LogP contribution in [0.4, 0.5) is 5.69 Å². The molecule has 0 fully saturated rings. The molecule has 0 amide bonds. The van der Waals surface area contributed by atoms with E-state index in [1.54, 1.807) is 0 Å². The van der Waals surface area contributed by atoms with Gasteiger partial charge >= 0.3 is 0 Å². The minimum Gasteiger partial charge on any atom is -0.260 e. The third-order valence-electron chi connectivity index (χ3n) is 3.13. The minimum absolute atomic E-state index is 0.266. The lowest BCUT2D eigenvalue weighted by Crippen LogP contribution is -2.17. The van der Waals surface area contributed by atoms with Gasteiger partial charge in [-0.15, -0.1) is 0 Å². The van der Waals surface area contributed by atoms with Gasteiger partial charge in [0.15, 0.2) is 0 Å². The molecular formula is C14H19N. The van der Waals surface area contributed by atoms with Crippen LogP contribution in [0.2, 0.25) is 0 Å². The van der Waals surface area contributed by atoms with Crippen LogP contribution >= 0.6 is 0 Å². The Morgan fingerprint density at radius 1 is 1.27 bits per heavy atom. The molecule has 0 aliphatic carbocycles. The monoisotopic (exact) mass is 201 g/mol. The molecule has 1 aromatic carbocycles. The van der Waals surface area contributed by atoms with Gasteiger partial charge in [-0.25, -0.2) is 0 Å². The zero-order valence-corrected chi connectivity index (χ0v) is 10.0. The molecule has 1 heteroatoms. The predicted octanol–water partition coefficient (Wildman–Crippen LogP) is 4.09. The second-order valence-corrected chi connectivity index (χ2v) is 5.37. The molecule has 0 bridgehead atoms. The van der Waals surface area contributed by atoms with Crippen LogP contribution in [0.15, 0.2) is 23.2 Å². The van der Waals surface area contributed by atoms with E-state index in [1.807, 2.05) is 0 Å². The lowest BCUT2D eigenvalue weighted by molar-refractivity contribution is 0.390. The third-order valence-corrected chi connectivity index (χ3v) is 3.13. The average Bonchev–Trinajstić information content (AvgIpc) is 2.59. The molecule has 0 saturated heterocycles. The van der Waals surface area contributed by atoms with Crippen LogP contribution in [0, 0.1) is 5.41 Å². The molecule has 1 nitrogen and oxygen atoms in total. The maximum absolute atomic E-state index is 4.53. The smallest absolute Gasteiger partial charge is 0.0667 e. The third kappa shape index (κ3) is 1.83. The summed E-state index contributed by atoms with van der Waals surface area (Å²) in [5.74, 6) is 0.471. The molecule has 15 heavy (non-hydrogen) atoms. The van der Waals surface area contributed by atoms with Crippen LogP contribution in [0.3, 0.4) is 0 Å². The molecule has 0 aromatic heterocycles. The van der Waals surface area contributed by atoms with Gasteiger partial charge in [0.05, 0.1) is 5.69 Å². The Morgan fingerprint density at radius 3 is 2.60 bits per heavy atom. The van der Waals surface area contributed by atoms with E-state index in [1.165, 1.54) is 16.8 Å². The van der Waals surface area contributed by atoms with Crippen molar-refractivity contribution in [3.05, 3.63) is 29.3 Å². The summed E-state index contributed by atoms with van der Waals surface area (Å²) in [7, 11) is 0. The average molecular weight is 201 g/mol. The summed E-state index contributed by atoms with van der Waals surface area (Å²) >= 11 is 0. The Kier molecular flexibility index (Phi) is 2.41. The summed E-state index contributed by atoms with van der Waals surface area (Å²) in [4.78, 5) is 4.53. The largest absolute Gasteiger partial charge is 0.260 e. The molecule has 0 saturated carbocycles. The zero-order chi connectivity index (χ0) is 11.1. The van der Waals surface area contributed by atoms with Gasteiger partial charge in [-0.3, -0.25) is 4.99 Å². The standard InChI is InChI=1S/C14H19N/c1-5-10-6-7-11-12(14(2,3)4)9-15-13(11)8-10/h6-9,12H,5H2,1-4H3. The first-order chi connectivity index (χ1) is 7.02. The SMILES string of the molecule is CCc1ccc2c(c1)N=CC2C(C)(C)C. The van der Waals surface area contributed by atoms with Crippen molar-refractivity contribution in [1.82, 2.24) is 0 Å². The second kappa shape index (κ2) is 3.48. The highest BCUT2D eigenvalue weighted by atomic mass is 14.8. The van der Waals surface area contributed by atoms with Gasteiger partial charge in [0.25, 0.3) is 0 Å². The van der Waals surface area contributed by atoms with Crippen LogP contribution in [-0.2, 0) is 6.42 Å². The van der Waals surface area contributed by atoms with E-state index in [-0.39, 0.29) is 5.41 Å². The highest BCUT2D eigenvalue weighted by molar-refractivity contribution is 5.81. The van der Waals surface area contributed by atoms with E-state index in [0.717, 1.165) is 6.42 Å². The number of benzene rings is 1. The van der Waals surface area contributed by atoms with E-state index >= 15 is 0 Å². The fourth-order valence-corrected chi connectivity index (χ4v) is 2.11. The highest BCUT2D eigenvalue weighted by Crippen LogP contribution is 2.42. The fourth-order valence-electron chi connectivity index (χ4n) is 2.11. The summed E-state index contributed by atoms with van der Waals surface area (Å²) < 4.78 is 0. The molecule has 0 radical (unpaired) electrons. The van der Waals surface area contributed by atoms with Crippen molar-refractivity contribution in [2.75, 3.05) is 0 Å². The summed E-state index contributed by atoms with van der Waals surface area (Å²) in [6, 6.07) is 6.70. The number of hydrogen-bond donors (Lipinski definition) is 0. The van der Waals surface area contributed by atoms with Gasteiger partial charge in [0.1, 0.15) is 0 Å². The summed E-state index contributed by atoms with van der Waals surface area (Å²) in [5.41, 5.74) is 4.21. The Balaban J connectivity index is 2.41. The van der Waals surface area contributed by atoms with Crippen LogP contribution < -0.4 is 0 Å². The summed E-state index contributed by atoms with van der Waals surface area (Å²) in [5, 5.41) is 0. The molecule has 0 spiro atoms. The predicted molar refractivity (Wildman–Crippen MR) is 66.2 cm³/mol. The van der Waals surface area contributed by atoms with E-state index in [0.29, 0.717) is 5.92 Å². The normalized spacial score (nSPS) is 19.3.